The lowest BCUT2D eigenvalue weighted by Gasteiger charge is -2.33. The van der Waals surface area contributed by atoms with Crippen molar-refractivity contribution in [1.29, 1.82) is 0 Å². The molecule has 54 heavy (non-hydrogen) atoms. The first kappa shape index (κ1) is 14.0. The largest absolute Gasteiger partial charge is 0.551 e. The van der Waals surface area contributed by atoms with Crippen LogP contribution >= 0.6 is 0 Å². The first-order valence-corrected chi connectivity index (χ1v) is 16.2. The Morgan fingerprint density at radius 2 is 1.28 bits per heavy atom. The fourth-order valence-corrected chi connectivity index (χ4v) is 7.36. The molecule has 0 aliphatic carbocycles. The highest BCUT2D eigenvalue weighted by Gasteiger charge is 2.41. The number of hydrogen-bond acceptors (Lipinski definition) is 4. The Morgan fingerprint density at radius 3 is 2.24 bits per heavy atom. The minimum Gasteiger partial charge on any atom is -0.551 e. The lowest BCUT2D eigenvalue weighted by Crippen LogP contribution is -2.53. The highest BCUT2D eigenvalue weighted by Crippen LogP contribution is 2.45. The molecule has 5 nitrogen and oxygen atoms in total. The number of benzene rings is 8. The third-order valence-electron chi connectivity index (χ3n) is 9.62. The maximum absolute atomic E-state index is 10.1. The van der Waals surface area contributed by atoms with E-state index in [4.69, 9.17) is 42.9 Å². The lowest BCUT2D eigenvalue weighted by molar-refractivity contribution is 0.479. The molecule has 0 spiro atoms. The average molecular weight is 717 g/mol. The van der Waals surface area contributed by atoms with Gasteiger partial charge in [0.1, 0.15) is 39.6 Å². The Morgan fingerprint density at radius 1 is 0.500 bits per heavy atom. The summed E-state index contributed by atoms with van der Waals surface area (Å²) >= 11 is 0. The molecule has 2 aliphatic heterocycles. The molecule has 3 aromatic heterocycles. The van der Waals surface area contributed by atoms with Crippen molar-refractivity contribution >= 4 is 83.5 Å². The molecule has 8 aromatic carbocycles. The second-order valence-electron chi connectivity index (χ2n) is 12.4. The van der Waals surface area contributed by atoms with Crippen LogP contribution < -0.4 is 20.3 Å². The average Bonchev–Trinajstić information content (AvgIpc) is 4.35. The van der Waals surface area contributed by atoms with Crippen LogP contribution in [0.1, 0.15) is 34.3 Å². The Bertz CT molecular complexity index is 4870. The zero-order chi connectivity index (χ0) is 56.8. The molecule has 250 valence electrons. The van der Waals surface area contributed by atoms with Gasteiger partial charge in [0.2, 0.25) is 0 Å². The van der Waals surface area contributed by atoms with Crippen molar-refractivity contribution in [2.24, 2.45) is 0 Å². The van der Waals surface area contributed by atoms with Gasteiger partial charge in [-0.15, -0.1) is 0 Å². The summed E-state index contributed by atoms with van der Waals surface area (Å²) in [6, 6.07) is -17.5. The zero-order valence-corrected chi connectivity index (χ0v) is 26.7. The molecule has 0 unspecified atom stereocenters. The molecule has 11 aromatic rings. The fraction of sp³-hybridized carbons (Fsp3) is 0. The molecule has 0 fully saturated rings. The number of rotatable bonds is 2. The predicted molar refractivity (Wildman–Crippen MR) is 218 cm³/mol. The van der Waals surface area contributed by atoms with Gasteiger partial charge in [-0.25, -0.2) is 0 Å². The summed E-state index contributed by atoms with van der Waals surface area (Å²) < 4.78 is 252. The van der Waals surface area contributed by atoms with E-state index in [9.17, 15) is 9.60 Å². The minimum absolute atomic E-state index is 0.235. The van der Waals surface area contributed by atoms with E-state index in [0.717, 1.165) is 10.6 Å². The number of para-hydroxylation sites is 5. The lowest BCUT2D eigenvalue weighted by atomic mass is 9.50. The quantitative estimate of drug-likeness (QED) is 0.167. The third-order valence-corrected chi connectivity index (χ3v) is 9.62. The normalized spacial score (nSPS) is 19.6. The predicted octanol–water partition coefficient (Wildman–Crippen LogP) is 11.5. The Labute approximate surface area is 343 Å². The SMILES string of the molecule is [2H]c1cc2c(c([2H])c1[2H])c1c([2H])c([2H])c([2H])c([2H])c1n2-c1c([2H])c([2H])c2c(c1[2H])B1Oc3c([2H])c([2H])c([2H])c([2H])c3-c3c([2H])c(-c4c([2H])c([2H])c([2H])c5c4oc4c5c([2H])c([2H])c5oc6c([2H])c([2H])c([2H])c([2H])c6c54)c([2H])c(c31)O2. The van der Waals surface area contributed by atoms with Crippen molar-refractivity contribution in [3.8, 4) is 45.2 Å². The van der Waals surface area contributed by atoms with Crippen molar-refractivity contribution < 1.29 is 52.5 Å². The molecule has 0 atom stereocenters. The minimum atomic E-state index is -1.89. The summed E-state index contributed by atoms with van der Waals surface area (Å²) in [6.45, 7) is -1.89. The summed E-state index contributed by atoms with van der Waals surface area (Å²) in [7, 11) is 0. The summed E-state index contributed by atoms with van der Waals surface area (Å²) in [5.41, 5.74) is -6.05. The smallest absolute Gasteiger partial charge is 0.434 e. The maximum Gasteiger partial charge on any atom is 0.434 e. The standard InChI is InChI=1S/C48H26BNO4/c1-5-16-38-30(10-1)31-11-2-6-17-39(31)50(38)28-20-22-42-37(26-28)49-46-36(32-12-3-8-19-41(32)54-49)24-27(25-44(46)52-42)29-14-9-15-33-34-21-23-43-45(48(34)53-47(29)33)35-13-4-7-18-40(35)51-43/h1-26H/i1D,2D,3D,4D,5D,6D,7D,8D,9D,10D,11D,12D,13D,14D,15D,16D,18D,19D,20D,21D,22D,23D,24D,25D,26D. The molecular weight excluding hydrogens is 665 g/mol. The van der Waals surface area contributed by atoms with E-state index in [1.807, 2.05) is 0 Å². The van der Waals surface area contributed by atoms with E-state index in [-0.39, 0.29) is 37.9 Å². The Balaban J connectivity index is 1.17. The van der Waals surface area contributed by atoms with Gasteiger partial charge in [-0.3, -0.25) is 0 Å². The monoisotopic (exact) mass is 716 g/mol. The van der Waals surface area contributed by atoms with Gasteiger partial charge in [-0.05, 0) is 77.6 Å². The molecule has 2 aliphatic rings. The van der Waals surface area contributed by atoms with Crippen molar-refractivity contribution in [2.45, 2.75) is 0 Å². The van der Waals surface area contributed by atoms with E-state index < -0.39 is 242 Å². The van der Waals surface area contributed by atoms with Gasteiger partial charge in [0, 0.05) is 54.7 Å². The molecule has 6 heteroatoms. The van der Waals surface area contributed by atoms with Crippen LogP contribution in [0, 0.1) is 0 Å². The number of nitrogens with zero attached hydrogens (tertiary/aromatic N) is 1. The van der Waals surface area contributed by atoms with Gasteiger partial charge in [0.15, 0.2) is 0 Å². The van der Waals surface area contributed by atoms with Gasteiger partial charge in [0.25, 0.3) is 0 Å². The fourth-order valence-electron chi connectivity index (χ4n) is 7.36. The number of aromatic nitrogens is 1. The Kier molecular flexibility index (Phi) is 2.65. The third kappa shape index (κ3) is 3.69. The zero-order valence-electron chi connectivity index (χ0n) is 51.7. The number of furan rings is 2. The van der Waals surface area contributed by atoms with Crippen molar-refractivity contribution in [2.75, 3.05) is 0 Å². The van der Waals surface area contributed by atoms with Gasteiger partial charge in [-0.2, -0.15) is 0 Å². The molecule has 0 radical (unpaired) electrons. The van der Waals surface area contributed by atoms with Crippen molar-refractivity contribution in [1.82, 2.24) is 4.57 Å². The highest BCUT2D eigenvalue weighted by molar-refractivity contribution is 6.84. The molecule has 13 rings (SSSR count). The summed E-state index contributed by atoms with van der Waals surface area (Å²) in [5.74, 6) is -1.91. The summed E-state index contributed by atoms with van der Waals surface area (Å²) in [6.07, 6.45) is 0. The van der Waals surface area contributed by atoms with Crippen LogP contribution in [0.25, 0.3) is 93.6 Å². The van der Waals surface area contributed by atoms with E-state index in [1.54, 1.807) is 0 Å². The van der Waals surface area contributed by atoms with E-state index in [0.29, 0.717) is 0 Å². The molecule has 0 saturated carbocycles. The topological polar surface area (TPSA) is 49.7 Å². The number of fused-ring (bicyclic) bond motifs is 14. The van der Waals surface area contributed by atoms with E-state index >= 15 is 0 Å². The van der Waals surface area contributed by atoms with Crippen LogP contribution in [0.15, 0.2) is 166 Å². The molecule has 0 bridgehead atoms. The van der Waals surface area contributed by atoms with Crippen molar-refractivity contribution in [3.05, 3.63) is 157 Å². The van der Waals surface area contributed by atoms with Crippen LogP contribution in [0.2, 0.25) is 0 Å². The van der Waals surface area contributed by atoms with Gasteiger partial charge in [-0.1, -0.05) is 90.6 Å². The van der Waals surface area contributed by atoms with Gasteiger partial charge < -0.3 is 22.8 Å². The second-order valence-corrected chi connectivity index (χ2v) is 12.4. The first-order valence-electron chi connectivity index (χ1n) is 28.7. The maximum atomic E-state index is 10.1. The highest BCUT2D eigenvalue weighted by atomic mass is 16.5. The van der Waals surface area contributed by atoms with Crippen LogP contribution in [0.5, 0.6) is 17.2 Å². The summed E-state index contributed by atoms with van der Waals surface area (Å²) in [4.78, 5) is 0. The van der Waals surface area contributed by atoms with Crippen LogP contribution in [0.4, 0.5) is 0 Å². The summed E-state index contributed by atoms with van der Waals surface area (Å²) in [5, 5.41) is -1.86. The van der Waals surface area contributed by atoms with Crippen LogP contribution in [-0.4, -0.2) is 11.5 Å². The van der Waals surface area contributed by atoms with Crippen LogP contribution in [-0.2, 0) is 0 Å². The van der Waals surface area contributed by atoms with Crippen molar-refractivity contribution in [3.63, 3.8) is 0 Å². The molecule has 5 heterocycles. The molecule has 0 amide bonds. The van der Waals surface area contributed by atoms with Crippen LogP contribution in [0.3, 0.4) is 0 Å². The number of hydrogen-bond donors (Lipinski definition) is 0. The molecular formula is C48H26BNO4. The van der Waals surface area contributed by atoms with Gasteiger partial charge >= 0.3 is 6.92 Å². The number of ether oxygens (including phenoxy) is 1. The van der Waals surface area contributed by atoms with Gasteiger partial charge in [0.05, 0.1) is 50.7 Å². The Hall–Kier alpha value is -7.18. The second kappa shape index (κ2) is 10.2. The molecule has 0 N–H and O–H groups in total. The molecule has 0 saturated heterocycles. The van der Waals surface area contributed by atoms with E-state index in [1.165, 1.54) is 0 Å². The van der Waals surface area contributed by atoms with E-state index in [2.05, 4.69) is 0 Å². The first-order chi connectivity index (χ1) is 37.2.